The van der Waals surface area contributed by atoms with Crippen molar-refractivity contribution in [3.8, 4) is 11.4 Å². The Kier molecular flexibility index (Phi) is 12.4. The van der Waals surface area contributed by atoms with Crippen molar-refractivity contribution in [3.63, 3.8) is 0 Å². The molecule has 0 amide bonds. The summed E-state index contributed by atoms with van der Waals surface area (Å²) in [7, 11) is 0. The molecule has 3 heterocycles. The lowest BCUT2D eigenvalue weighted by Gasteiger charge is -2.37. The standard InChI is InChI=1S/C39H47Cl2IN8O3/c1-6-29(3)50-37(51)49(27-45-50)33-10-8-31(9-11-33)46-17-19-47(20-18-46)32-12-14-34(15-13-32)53-38(4,5)22-28(2)23-52-39(42,24-48-26-43-25-44-48)35-16-7-30(40)21-36(35)41/h7-16,21,25-29H,6,17-20,22-24H2,1-5H3. The summed E-state index contributed by atoms with van der Waals surface area (Å²) in [6.07, 6.45) is 6.42. The van der Waals surface area contributed by atoms with Crippen molar-refractivity contribution in [2.75, 3.05) is 42.6 Å². The number of hydrogen-bond acceptors (Lipinski definition) is 8. The number of hydrogen-bond donors (Lipinski definition) is 0. The van der Waals surface area contributed by atoms with Crippen LogP contribution in [0.25, 0.3) is 5.69 Å². The molecule has 1 saturated heterocycles. The van der Waals surface area contributed by atoms with Crippen molar-refractivity contribution in [1.82, 2.24) is 29.1 Å². The summed E-state index contributed by atoms with van der Waals surface area (Å²) < 4.78 is 17.3. The van der Waals surface area contributed by atoms with Gasteiger partial charge < -0.3 is 19.3 Å². The summed E-state index contributed by atoms with van der Waals surface area (Å²) in [5, 5.41) is 9.72. The average Bonchev–Trinajstić information content (AvgIpc) is 3.80. The van der Waals surface area contributed by atoms with Gasteiger partial charge >= 0.3 is 5.69 Å². The molecular weight excluding hydrogens is 826 g/mol. The SMILES string of the molecule is CCC(C)n1ncn(-c2ccc(N3CCN(c4ccc(OC(C)(C)CC(C)COC(I)(Cn5cncn5)c5ccc(Cl)cc5Cl)cc4)CC3)cc2)c1=O. The molecule has 6 rings (SSSR count). The zero-order chi connectivity index (χ0) is 37.8. The molecule has 1 aliphatic heterocycles. The van der Waals surface area contributed by atoms with Gasteiger partial charge in [0.1, 0.15) is 30.3 Å². The maximum atomic E-state index is 12.8. The Hall–Kier alpha value is -3.59. The zero-order valence-electron chi connectivity index (χ0n) is 30.8. The molecule has 282 valence electrons. The average molecular weight is 874 g/mol. The maximum absolute atomic E-state index is 12.8. The summed E-state index contributed by atoms with van der Waals surface area (Å²) in [5.74, 6) is 1.02. The van der Waals surface area contributed by atoms with E-state index in [1.165, 1.54) is 12.0 Å². The quantitative estimate of drug-likeness (QED) is 0.0765. The normalized spacial score (nSPS) is 16.0. The van der Waals surface area contributed by atoms with Crippen molar-refractivity contribution in [1.29, 1.82) is 0 Å². The zero-order valence-corrected chi connectivity index (χ0v) is 34.5. The third-order valence-corrected chi connectivity index (χ3v) is 11.5. The molecule has 11 nitrogen and oxygen atoms in total. The topological polar surface area (TPSA) is 95.5 Å². The van der Waals surface area contributed by atoms with Gasteiger partial charge in [-0.2, -0.15) is 10.2 Å². The Balaban J connectivity index is 1.00. The van der Waals surface area contributed by atoms with Crippen LogP contribution in [0.5, 0.6) is 5.75 Å². The Morgan fingerprint density at radius 3 is 2.08 bits per heavy atom. The largest absolute Gasteiger partial charge is 0.488 e. The van der Waals surface area contributed by atoms with Crippen molar-refractivity contribution in [2.24, 2.45) is 5.92 Å². The fraction of sp³-hybridized carbons (Fsp3) is 0.436. The maximum Gasteiger partial charge on any atom is 0.350 e. The second kappa shape index (κ2) is 16.8. The van der Waals surface area contributed by atoms with Gasteiger partial charge in [0.2, 0.25) is 0 Å². The minimum Gasteiger partial charge on any atom is -0.488 e. The summed E-state index contributed by atoms with van der Waals surface area (Å²) >= 11 is 15.2. The van der Waals surface area contributed by atoms with Gasteiger partial charge in [-0.1, -0.05) is 43.1 Å². The number of ether oxygens (including phenoxy) is 2. The van der Waals surface area contributed by atoms with Crippen LogP contribution in [0.2, 0.25) is 10.0 Å². The predicted octanol–water partition coefficient (Wildman–Crippen LogP) is 8.42. The predicted molar refractivity (Wildman–Crippen MR) is 220 cm³/mol. The molecule has 1 fully saturated rings. The van der Waals surface area contributed by atoms with Crippen LogP contribution in [0.3, 0.4) is 0 Å². The first-order valence-electron chi connectivity index (χ1n) is 18.0. The molecular formula is C39H47Cl2IN8O3. The van der Waals surface area contributed by atoms with E-state index in [1.807, 2.05) is 31.2 Å². The highest BCUT2D eigenvalue weighted by molar-refractivity contribution is 14.1. The van der Waals surface area contributed by atoms with E-state index in [9.17, 15) is 4.79 Å². The van der Waals surface area contributed by atoms with Crippen molar-refractivity contribution >= 4 is 57.2 Å². The molecule has 0 aliphatic carbocycles. The van der Waals surface area contributed by atoms with Crippen LogP contribution in [-0.2, 0) is 14.9 Å². The summed E-state index contributed by atoms with van der Waals surface area (Å²) in [4.78, 5) is 21.7. The van der Waals surface area contributed by atoms with E-state index in [2.05, 4.69) is 112 Å². The third-order valence-electron chi connectivity index (χ3n) is 9.67. The minimum absolute atomic E-state index is 0.0676. The van der Waals surface area contributed by atoms with Crippen LogP contribution >= 0.6 is 45.8 Å². The minimum atomic E-state index is -0.779. The van der Waals surface area contributed by atoms with E-state index in [0.717, 1.165) is 61.7 Å². The first-order valence-corrected chi connectivity index (χ1v) is 19.8. The van der Waals surface area contributed by atoms with Gasteiger partial charge in [0, 0.05) is 53.2 Å². The molecule has 1 aliphatic rings. The lowest BCUT2D eigenvalue weighted by molar-refractivity contribution is -0.0129. The smallest absolute Gasteiger partial charge is 0.350 e. The molecule has 0 radical (unpaired) electrons. The molecule has 3 atom stereocenters. The number of aromatic nitrogens is 6. The first-order chi connectivity index (χ1) is 25.3. The molecule has 3 aromatic carbocycles. The van der Waals surface area contributed by atoms with Crippen LogP contribution < -0.4 is 20.2 Å². The number of nitrogens with zero attached hydrogens (tertiary/aromatic N) is 8. The van der Waals surface area contributed by atoms with Crippen molar-refractivity contribution in [2.45, 2.75) is 69.3 Å². The van der Waals surface area contributed by atoms with Crippen LogP contribution in [0.15, 0.2) is 90.5 Å². The number of alkyl halides is 1. The van der Waals surface area contributed by atoms with Gasteiger partial charge in [0.15, 0.2) is 3.61 Å². The monoisotopic (exact) mass is 872 g/mol. The molecule has 2 aromatic heterocycles. The van der Waals surface area contributed by atoms with Gasteiger partial charge in [-0.05, 0) is 123 Å². The van der Waals surface area contributed by atoms with Crippen LogP contribution in [0.1, 0.15) is 59.1 Å². The molecule has 14 heteroatoms. The fourth-order valence-corrected chi connectivity index (χ4v) is 8.52. The summed E-state index contributed by atoms with van der Waals surface area (Å²) in [5.41, 5.74) is 3.44. The van der Waals surface area contributed by atoms with Gasteiger partial charge in [-0.15, -0.1) is 0 Å². The molecule has 5 aromatic rings. The van der Waals surface area contributed by atoms with E-state index in [0.29, 0.717) is 23.2 Å². The van der Waals surface area contributed by atoms with Gasteiger partial charge in [-0.25, -0.2) is 23.7 Å². The lowest BCUT2D eigenvalue weighted by atomic mass is 9.95. The van der Waals surface area contributed by atoms with E-state index in [1.54, 1.807) is 32.7 Å². The highest BCUT2D eigenvalue weighted by Gasteiger charge is 2.35. The van der Waals surface area contributed by atoms with E-state index in [4.69, 9.17) is 32.7 Å². The molecule has 3 unspecified atom stereocenters. The molecule has 53 heavy (non-hydrogen) atoms. The van der Waals surface area contributed by atoms with Gasteiger partial charge in [-0.3, -0.25) is 0 Å². The molecule has 0 bridgehead atoms. The Morgan fingerprint density at radius 2 is 1.49 bits per heavy atom. The Labute approximate surface area is 334 Å². The number of anilines is 2. The van der Waals surface area contributed by atoms with Crippen LogP contribution in [0, 0.1) is 5.92 Å². The number of halogens is 3. The summed E-state index contributed by atoms with van der Waals surface area (Å²) in [6.45, 7) is 15.0. The van der Waals surface area contributed by atoms with Crippen LogP contribution in [-0.4, -0.2) is 67.5 Å². The molecule has 0 saturated carbocycles. The number of piperazine rings is 1. The summed E-state index contributed by atoms with van der Waals surface area (Å²) in [6, 6.07) is 22.1. The van der Waals surface area contributed by atoms with Crippen molar-refractivity contribution < 1.29 is 9.47 Å². The van der Waals surface area contributed by atoms with Crippen molar-refractivity contribution in [3.05, 3.63) is 112 Å². The van der Waals surface area contributed by atoms with E-state index in [-0.39, 0.29) is 17.6 Å². The Morgan fingerprint density at radius 1 is 0.868 bits per heavy atom. The van der Waals surface area contributed by atoms with E-state index >= 15 is 0 Å². The van der Waals surface area contributed by atoms with Gasteiger partial charge in [0.25, 0.3) is 0 Å². The molecule has 0 N–H and O–H groups in total. The second-order valence-electron chi connectivity index (χ2n) is 14.4. The fourth-order valence-electron chi connectivity index (χ4n) is 6.80. The highest BCUT2D eigenvalue weighted by Crippen LogP contribution is 2.41. The van der Waals surface area contributed by atoms with E-state index < -0.39 is 9.21 Å². The highest BCUT2D eigenvalue weighted by atomic mass is 127. The first kappa shape index (κ1) is 39.1. The Bertz CT molecular complexity index is 1990. The lowest BCUT2D eigenvalue weighted by Crippen LogP contribution is -2.46. The molecule has 0 spiro atoms. The van der Waals surface area contributed by atoms with Crippen LogP contribution in [0.4, 0.5) is 11.4 Å². The van der Waals surface area contributed by atoms with Gasteiger partial charge in [0.05, 0.1) is 24.9 Å². The third kappa shape index (κ3) is 9.56. The number of rotatable bonds is 15. The second-order valence-corrected chi connectivity index (χ2v) is 17.0. The number of benzene rings is 3.